The van der Waals surface area contributed by atoms with E-state index in [9.17, 15) is 4.79 Å². The molecule has 1 spiro atoms. The average molecular weight is 303 g/mol. The zero-order valence-electron chi connectivity index (χ0n) is 13.3. The van der Waals surface area contributed by atoms with Crippen LogP contribution in [0.2, 0.25) is 0 Å². The zero-order chi connectivity index (χ0) is 15.2. The van der Waals surface area contributed by atoms with E-state index in [0.717, 1.165) is 58.4 Å². The van der Waals surface area contributed by atoms with Crippen molar-refractivity contribution in [1.29, 1.82) is 0 Å². The first kappa shape index (κ1) is 14.2. The van der Waals surface area contributed by atoms with E-state index in [4.69, 9.17) is 4.74 Å². The Balaban J connectivity index is 1.33. The van der Waals surface area contributed by atoms with Gasteiger partial charge in [-0.05, 0) is 37.0 Å². The Morgan fingerprint density at radius 3 is 3.14 bits per heavy atom. The predicted octanol–water partition coefficient (Wildman–Crippen LogP) is 1.72. The number of carbonyl (C=O) groups excluding carboxylic acids is 1. The van der Waals surface area contributed by atoms with E-state index in [1.807, 2.05) is 18.1 Å². The maximum Gasteiger partial charge on any atom is 0.226 e. The number of nitrogens with zero attached hydrogens (tertiary/aromatic N) is 3. The molecular formula is C17H25N3O2. The first-order valence-corrected chi connectivity index (χ1v) is 8.51. The van der Waals surface area contributed by atoms with Crippen LogP contribution >= 0.6 is 0 Å². The Hall–Kier alpha value is -1.36. The number of aromatic nitrogens is 2. The van der Waals surface area contributed by atoms with Crippen LogP contribution in [0.4, 0.5) is 0 Å². The van der Waals surface area contributed by atoms with Crippen LogP contribution in [0.15, 0.2) is 12.4 Å². The summed E-state index contributed by atoms with van der Waals surface area (Å²) in [5.74, 6) is 2.36. The van der Waals surface area contributed by atoms with Crippen molar-refractivity contribution in [2.45, 2.75) is 38.6 Å². The van der Waals surface area contributed by atoms with Crippen LogP contribution in [0.25, 0.3) is 0 Å². The molecule has 0 radical (unpaired) electrons. The monoisotopic (exact) mass is 303 g/mol. The lowest BCUT2D eigenvalue weighted by molar-refractivity contribution is -0.133. The van der Waals surface area contributed by atoms with Crippen molar-refractivity contribution in [3.63, 3.8) is 0 Å². The van der Waals surface area contributed by atoms with E-state index < -0.39 is 0 Å². The highest BCUT2D eigenvalue weighted by atomic mass is 16.5. The highest BCUT2D eigenvalue weighted by molar-refractivity contribution is 5.82. The lowest BCUT2D eigenvalue weighted by Gasteiger charge is -2.29. The van der Waals surface area contributed by atoms with E-state index in [0.29, 0.717) is 11.8 Å². The largest absolute Gasteiger partial charge is 0.381 e. The van der Waals surface area contributed by atoms with Gasteiger partial charge in [-0.15, -0.1) is 0 Å². The maximum absolute atomic E-state index is 12.7. The van der Waals surface area contributed by atoms with Crippen LogP contribution < -0.4 is 0 Å². The number of hydrogen-bond donors (Lipinski definition) is 0. The van der Waals surface area contributed by atoms with Crippen LogP contribution in [-0.2, 0) is 22.5 Å². The van der Waals surface area contributed by atoms with Gasteiger partial charge in [-0.3, -0.25) is 4.79 Å². The van der Waals surface area contributed by atoms with E-state index in [-0.39, 0.29) is 11.3 Å². The summed E-state index contributed by atoms with van der Waals surface area (Å²) in [5, 5.41) is 0. The maximum atomic E-state index is 12.7. The van der Waals surface area contributed by atoms with Crippen molar-refractivity contribution in [2.75, 3.05) is 26.8 Å². The van der Waals surface area contributed by atoms with Crippen LogP contribution in [0.1, 0.15) is 31.5 Å². The zero-order valence-corrected chi connectivity index (χ0v) is 13.3. The molecule has 2 fully saturated rings. The van der Waals surface area contributed by atoms with Gasteiger partial charge in [-0.2, -0.15) is 0 Å². The number of fused-ring (bicyclic) bond motifs is 1. The fourth-order valence-corrected chi connectivity index (χ4v) is 4.36. The predicted molar refractivity (Wildman–Crippen MR) is 82.3 cm³/mol. The van der Waals surface area contributed by atoms with Gasteiger partial charge in [0.1, 0.15) is 5.82 Å². The SMILES string of the molecule is CN(C[C@@H]1CCc2nccn2C1)C(=O)[C@H]1CC12CCOCC2. The fraction of sp³-hybridized carbons (Fsp3) is 0.765. The van der Waals surface area contributed by atoms with E-state index >= 15 is 0 Å². The summed E-state index contributed by atoms with van der Waals surface area (Å²) in [7, 11) is 1.98. The summed E-state index contributed by atoms with van der Waals surface area (Å²) >= 11 is 0. The van der Waals surface area contributed by atoms with Gasteiger partial charge in [-0.25, -0.2) is 4.98 Å². The molecule has 0 aromatic carbocycles. The second-order valence-electron chi connectivity index (χ2n) is 7.35. The molecule has 3 aliphatic rings. The minimum atomic E-state index is 0.258. The van der Waals surface area contributed by atoms with Gasteiger partial charge in [-0.1, -0.05) is 0 Å². The van der Waals surface area contributed by atoms with Gasteiger partial charge in [0.25, 0.3) is 0 Å². The topological polar surface area (TPSA) is 47.4 Å². The fourth-order valence-electron chi connectivity index (χ4n) is 4.36. The average Bonchev–Trinajstić information content (AvgIpc) is 3.01. The van der Waals surface area contributed by atoms with Gasteiger partial charge >= 0.3 is 0 Å². The summed E-state index contributed by atoms with van der Waals surface area (Å²) in [4.78, 5) is 19.1. The summed E-state index contributed by atoms with van der Waals surface area (Å²) < 4.78 is 7.69. The summed E-state index contributed by atoms with van der Waals surface area (Å²) in [6, 6.07) is 0. The first-order valence-electron chi connectivity index (χ1n) is 8.51. The number of hydrogen-bond acceptors (Lipinski definition) is 3. The van der Waals surface area contributed by atoms with Crippen molar-refractivity contribution in [3.05, 3.63) is 18.2 Å². The van der Waals surface area contributed by atoms with Crippen LogP contribution in [-0.4, -0.2) is 47.2 Å². The van der Waals surface area contributed by atoms with Crippen molar-refractivity contribution >= 4 is 5.91 Å². The molecule has 5 nitrogen and oxygen atoms in total. The number of carbonyl (C=O) groups is 1. The minimum Gasteiger partial charge on any atom is -0.381 e. The van der Waals surface area contributed by atoms with Crippen LogP contribution in [0.3, 0.4) is 0 Å². The van der Waals surface area contributed by atoms with Crippen molar-refractivity contribution in [2.24, 2.45) is 17.3 Å². The number of aryl methyl sites for hydroxylation is 1. The Morgan fingerprint density at radius 1 is 1.50 bits per heavy atom. The smallest absolute Gasteiger partial charge is 0.226 e. The molecule has 1 amide bonds. The highest BCUT2D eigenvalue weighted by Crippen LogP contribution is 2.59. The summed E-state index contributed by atoms with van der Waals surface area (Å²) in [6.45, 7) is 3.54. The molecule has 1 aliphatic carbocycles. The van der Waals surface area contributed by atoms with E-state index in [1.54, 1.807) is 0 Å². The molecule has 120 valence electrons. The molecule has 0 bridgehead atoms. The molecule has 3 heterocycles. The van der Waals surface area contributed by atoms with Crippen molar-refractivity contribution in [1.82, 2.24) is 14.5 Å². The lowest BCUT2D eigenvalue weighted by Crippen LogP contribution is -2.37. The minimum absolute atomic E-state index is 0.258. The van der Waals surface area contributed by atoms with Gasteiger partial charge in [0, 0.05) is 58.1 Å². The molecule has 0 N–H and O–H groups in total. The number of amides is 1. The second-order valence-corrected chi connectivity index (χ2v) is 7.35. The molecule has 1 saturated heterocycles. The third kappa shape index (κ3) is 2.45. The van der Waals surface area contributed by atoms with Gasteiger partial charge < -0.3 is 14.2 Å². The number of ether oxygens (including phenoxy) is 1. The summed E-state index contributed by atoms with van der Waals surface area (Å²) in [6.07, 6.45) is 9.32. The Kier molecular flexibility index (Phi) is 3.48. The molecule has 0 unspecified atom stereocenters. The molecule has 5 heteroatoms. The van der Waals surface area contributed by atoms with E-state index in [1.165, 1.54) is 5.82 Å². The Bertz CT molecular complexity index is 562. The standard InChI is InChI=1S/C17H25N3O2/c1-19(11-13-2-3-15-18-6-7-20(15)12-13)16(21)14-10-17(14)4-8-22-9-5-17/h6-7,13-14H,2-5,8-12H2,1H3/t13-,14+/m0/s1. The number of imidazole rings is 1. The number of rotatable bonds is 3. The van der Waals surface area contributed by atoms with Gasteiger partial charge in [0.05, 0.1) is 0 Å². The molecule has 1 aromatic heterocycles. The molecule has 4 rings (SSSR count). The first-order chi connectivity index (χ1) is 10.7. The summed E-state index contributed by atoms with van der Waals surface area (Å²) in [5.41, 5.74) is 0.285. The molecule has 2 atom stereocenters. The molecule has 1 saturated carbocycles. The van der Waals surface area contributed by atoms with Crippen LogP contribution in [0.5, 0.6) is 0 Å². The van der Waals surface area contributed by atoms with Crippen LogP contribution in [0, 0.1) is 17.3 Å². The lowest BCUT2D eigenvalue weighted by atomic mass is 9.93. The second kappa shape index (κ2) is 5.37. The Morgan fingerprint density at radius 2 is 2.32 bits per heavy atom. The molecular weight excluding hydrogens is 278 g/mol. The Labute approximate surface area is 131 Å². The molecule has 22 heavy (non-hydrogen) atoms. The van der Waals surface area contributed by atoms with Gasteiger partial charge in [0.15, 0.2) is 0 Å². The third-order valence-electron chi connectivity index (χ3n) is 5.92. The normalized spacial score (nSPS) is 29.1. The van der Waals surface area contributed by atoms with E-state index in [2.05, 4.69) is 15.7 Å². The molecule has 1 aromatic rings. The highest BCUT2D eigenvalue weighted by Gasteiger charge is 2.58. The third-order valence-corrected chi connectivity index (χ3v) is 5.92. The quantitative estimate of drug-likeness (QED) is 0.854. The van der Waals surface area contributed by atoms with Gasteiger partial charge in [0.2, 0.25) is 5.91 Å². The van der Waals surface area contributed by atoms with Crippen molar-refractivity contribution in [3.8, 4) is 0 Å². The van der Waals surface area contributed by atoms with Crippen molar-refractivity contribution < 1.29 is 9.53 Å². The molecule has 2 aliphatic heterocycles.